The Morgan fingerprint density at radius 3 is 2.75 bits per heavy atom. The Morgan fingerprint density at radius 2 is 2.00 bits per heavy atom. The van der Waals surface area contributed by atoms with Crippen molar-refractivity contribution in [3.8, 4) is 5.75 Å². The number of likely N-dealkylation sites (N-methyl/N-ethyl adjacent to an activating group) is 1. The minimum atomic E-state index is 0.00895. The summed E-state index contributed by atoms with van der Waals surface area (Å²) in [6, 6.07) is 6.45. The molecule has 2 aliphatic heterocycles. The molecule has 3 heteroatoms. The largest absolute Gasteiger partial charge is 0.485 e. The van der Waals surface area contributed by atoms with Gasteiger partial charge in [-0.05, 0) is 37.2 Å². The van der Waals surface area contributed by atoms with Gasteiger partial charge < -0.3 is 10.1 Å². The number of ether oxygens (including phenoxy) is 1. The van der Waals surface area contributed by atoms with Gasteiger partial charge in [-0.1, -0.05) is 6.07 Å². The van der Waals surface area contributed by atoms with Crippen LogP contribution in [0.15, 0.2) is 18.2 Å². The van der Waals surface area contributed by atoms with Crippen molar-refractivity contribution < 1.29 is 4.74 Å². The van der Waals surface area contributed by atoms with Gasteiger partial charge in [-0.25, -0.2) is 0 Å². The van der Waals surface area contributed by atoms with Gasteiger partial charge in [0.05, 0.1) is 0 Å². The minimum Gasteiger partial charge on any atom is -0.485 e. The molecule has 0 spiro atoms. The van der Waals surface area contributed by atoms with Gasteiger partial charge in [-0.15, -0.1) is 0 Å². The Morgan fingerprint density at radius 1 is 1.25 bits per heavy atom. The van der Waals surface area contributed by atoms with Crippen molar-refractivity contribution in [2.24, 2.45) is 0 Å². The number of fused-ring (bicyclic) bond motifs is 1. The van der Waals surface area contributed by atoms with Crippen LogP contribution >= 0.6 is 0 Å². The van der Waals surface area contributed by atoms with Crippen LogP contribution < -0.4 is 10.1 Å². The molecular formula is C13H18N2O. The molecule has 0 aromatic heterocycles. The van der Waals surface area contributed by atoms with Crippen LogP contribution in [0.3, 0.4) is 0 Å². The van der Waals surface area contributed by atoms with E-state index in [9.17, 15) is 0 Å². The summed E-state index contributed by atoms with van der Waals surface area (Å²) in [4.78, 5) is 2.27. The standard InChI is InChI=1S/C13H18N2O/c1-13(8-15(2)9-13)16-12-4-3-10-6-14-7-11(10)5-12/h3-5,14H,6-9H2,1-2H3. The fraction of sp³-hybridized carbons (Fsp3) is 0.538. The molecule has 2 aliphatic rings. The molecule has 0 amide bonds. The molecule has 1 N–H and O–H groups in total. The predicted molar refractivity (Wildman–Crippen MR) is 63.5 cm³/mol. The van der Waals surface area contributed by atoms with Crippen LogP contribution in [0.4, 0.5) is 0 Å². The minimum absolute atomic E-state index is 0.00895. The van der Waals surface area contributed by atoms with E-state index >= 15 is 0 Å². The summed E-state index contributed by atoms with van der Waals surface area (Å²) in [7, 11) is 2.12. The van der Waals surface area contributed by atoms with Crippen molar-refractivity contribution in [3.63, 3.8) is 0 Å². The Bertz CT molecular complexity index is 410. The fourth-order valence-electron chi connectivity index (χ4n) is 2.78. The summed E-state index contributed by atoms with van der Waals surface area (Å²) in [5.74, 6) is 1.01. The van der Waals surface area contributed by atoms with Crippen molar-refractivity contribution in [3.05, 3.63) is 29.3 Å². The van der Waals surface area contributed by atoms with Gasteiger partial charge in [0.1, 0.15) is 11.4 Å². The average Bonchev–Trinajstić information content (AvgIpc) is 2.62. The molecular weight excluding hydrogens is 200 g/mol. The van der Waals surface area contributed by atoms with Crippen LogP contribution in [-0.2, 0) is 13.1 Å². The van der Waals surface area contributed by atoms with Crippen LogP contribution in [0.25, 0.3) is 0 Å². The molecule has 0 bridgehead atoms. The van der Waals surface area contributed by atoms with Crippen molar-refractivity contribution in [2.75, 3.05) is 20.1 Å². The second kappa shape index (κ2) is 3.47. The normalized spacial score (nSPS) is 22.6. The van der Waals surface area contributed by atoms with Crippen LogP contribution in [0.1, 0.15) is 18.1 Å². The van der Waals surface area contributed by atoms with Crippen LogP contribution in [0.5, 0.6) is 5.75 Å². The second-order valence-electron chi connectivity index (χ2n) is 5.26. The highest BCUT2D eigenvalue weighted by molar-refractivity contribution is 5.38. The zero-order valence-corrected chi connectivity index (χ0v) is 9.92. The van der Waals surface area contributed by atoms with E-state index in [4.69, 9.17) is 4.74 Å². The lowest BCUT2D eigenvalue weighted by atomic mass is 9.97. The van der Waals surface area contributed by atoms with Crippen LogP contribution in [-0.4, -0.2) is 30.6 Å². The van der Waals surface area contributed by atoms with Gasteiger partial charge in [-0.2, -0.15) is 0 Å². The van der Waals surface area contributed by atoms with Gasteiger partial charge >= 0.3 is 0 Å². The lowest BCUT2D eigenvalue weighted by Gasteiger charge is -2.45. The van der Waals surface area contributed by atoms with Crippen LogP contribution in [0, 0.1) is 0 Å². The highest BCUT2D eigenvalue weighted by Gasteiger charge is 2.38. The van der Waals surface area contributed by atoms with Gasteiger partial charge in [-0.3, -0.25) is 4.90 Å². The molecule has 0 aliphatic carbocycles. The molecule has 0 saturated carbocycles. The van der Waals surface area contributed by atoms with Gasteiger partial charge in [0, 0.05) is 26.2 Å². The topological polar surface area (TPSA) is 24.5 Å². The van der Waals surface area contributed by atoms with E-state index in [2.05, 4.69) is 42.4 Å². The predicted octanol–water partition coefficient (Wildman–Crippen LogP) is 1.37. The summed E-state index contributed by atoms with van der Waals surface area (Å²) < 4.78 is 6.06. The quantitative estimate of drug-likeness (QED) is 0.811. The lowest BCUT2D eigenvalue weighted by molar-refractivity contribution is -0.0496. The number of likely N-dealkylation sites (tertiary alicyclic amines) is 1. The van der Waals surface area contributed by atoms with E-state index < -0.39 is 0 Å². The number of nitrogens with one attached hydrogen (secondary N) is 1. The Labute approximate surface area is 96.4 Å². The molecule has 2 heterocycles. The third-order valence-electron chi connectivity index (χ3n) is 3.38. The highest BCUT2D eigenvalue weighted by atomic mass is 16.5. The molecule has 3 nitrogen and oxygen atoms in total. The number of benzene rings is 1. The average molecular weight is 218 g/mol. The van der Waals surface area contributed by atoms with E-state index in [0.717, 1.165) is 31.9 Å². The monoisotopic (exact) mass is 218 g/mol. The van der Waals surface area contributed by atoms with Crippen molar-refractivity contribution in [2.45, 2.75) is 25.6 Å². The summed E-state index contributed by atoms with van der Waals surface area (Å²) in [5.41, 5.74) is 2.80. The first-order valence-corrected chi connectivity index (χ1v) is 5.85. The maximum absolute atomic E-state index is 6.06. The number of hydrogen-bond acceptors (Lipinski definition) is 3. The van der Waals surface area contributed by atoms with Crippen LogP contribution in [0.2, 0.25) is 0 Å². The summed E-state index contributed by atoms with van der Waals surface area (Å²) in [5, 5.41) is 3.35. The molecule has 0 radical (unpaired) electrons. The molecule has 86 valence electrons. The van der Waals surface area contributed by atoms with Crippen molar-refractivity contribution in [1.29, 1.82) is 0 Å². The molecule has 1 fully saturated rings. The van der Waals surface area contributed by atoms with Gasteiger partial charge in [0.25, 0.3) is 0 Å². The van der Waals surface area contributed by atoms with Gasteiger partial charge in [0.2, 0.25) is 0 Å². The smallest absolute Gasteiger partial charge is 0.131 e. The Balaban J connectivity index is 1.76. The first-order chi connectivity index (χ1) is 7.65. The first kappa shape index (κ1) is 10.1. The maximum Gasteiger partial charge on any atom is 0.131 e. The highest BCUT2D eigenvalue weighted by Crippen LogP contribution is 2.28. The molecule has 0 atom stereocenters. The van der Waals surface area contributed by atoms with E-state index in [1.807, 2.05) is 0 Å². The molecule has 1 aromatic rings. The number of nitrogens with zero attached hydrogens (tertiary/aromatic N) is 1. The Hall–Kier alpha value is -1.06. The number of hydrogen-bond donors (Lipinski definition) is 1. The summed E-state index contributed by atoms with van der Waals surface area (Å²) >= 11 is 0. The van der Waals surface area contributed by atoms with Crippen molar-refractivity contribution in [1.82, 2.24) is 10.2 Å². The van der Waals surface area contributed by atoms with E-state index in [0.29, 0.717) is 0 Å². The molecule has 3 rings (SSSR count). The van der Waals surface area contributed by atoms with E-state index in [1.54, 1.807) is 0 Å². The van der Waals surface area contributed by atoms with Gasteiger partial charge in [0.15, 0.2) is 0 Å². The summed E-state index contributed by atoms with van der Waals surface area (Å²) in [6.45, 7) is 6.18. The SMILES string of the molecule is CN1CC(C)(Oc2ccc3c(c2)CNC3)C1. The molecule has 1 saturated heterocycles. The fourth-order valence-corrected chi connectivity index (χ4v) is 2.78. The molecule has 0 unspecified atom stereocenters. The zero-order chi connectivity index (χ0) is 11.2. The summed E-state index contributed by atoms with van der Waals surface area (Å²) in [6.07, 6.45) is 0. The zero-order valence-electron chi connectivity index (χ0n) is 9.92. The molecule has 16 heavy (non-hydrogen) atoms. The van der Waals surface area contributed by atoms with Crippen molar-refractivity contribution >= 4 is 0 Å². The van der Waals surface area contributed by atoms with E-state index in [1.165, 1.54) is 11.1 Å². The second-order valence-corrected chi connectivity index (χ2v) is 5.26. The molecule has 1 aromatic carbocycles. The maximum atomic E-state index is 6.06. The third-order valence-corrected chi connectivity index (χ3v) is 3.38. The van der Waals surface area contributed by atoms with E-state index in [-0.39, 0.29) is 5.60 Å². The number of rotatable bonds is 2. The Kier molecular flexibility index (Phi) is 2.19. The lowest BCUT2D eigenvalue weighted by Crippen LogP contribution is -2.61. The third kappa shape index (κ3) is 1.70. The first-order valence-electron chi connectivity index (χ1n) is 5.85.